The van der Waals surface area contributed by atoms with Crippen LogP contribution in [0.5, 0.6) is 0 Å². The molecular weight excluding hydrogens is 262 g/mol. The predicted octanol–water partition coefficient (Wildman–Crippen LogP) is 4.34. The van der Waals surface area contributed by atoms with Crippen LogP contribution in [0.25, 0.3) is 10.9 Å². The molecule has 0 bridgehead atoms. The number of aromatic nitrogens is 1. The van der Waals surface area contributed by atoms with Crippen molar-refractivity contribution in [3.05, 3.63) is 42.1 Å². The average molecular weight is 278 g/mol. The van der Waals surface area contributed by atoms with Gasteiger partial charge in [-0.2, -0.15) is 0 Å². The fraction of sp³-hybridized carbons (Fsp3) is 0.357. The Morgan fingerprint density at radius 3 is 2.88 bits per heavy atom. The van der Waals surface area contributed by atoms with Crippen molar-refractivity contribution in [3.63, 3.8) is 0 Å². The fourth-order valence-electron chi connectivity index (χ4n) is 1.95. The highest BCUT2D eigenvalue weighted by molar-refractivity contribution is 9.09. The molecule has 0 saturated heterocycles. The van der Waals surface area contributed by atoms with Crippen LogP contribution < -0.4 is 0 Å². The number of nitrogens with zero attached hydrogens (tertiary/aromatic N) is 1. The van der Waals surface area contributed by atoms with Gasteiger partial charge in [-0.3, -0.25) is 4.98 Å². The van der Waals surface area contributed by atoms with Crippen molar-refractivity contribution in [1.82, 2.24) is 4.98 Å². The molecule has 0 aliphatic heterocycles. The molecule has 1 unspecified atom stereocenters. The average Bonchev–Trinajstić information content (AvgIpc) is 2.29. The Hall–Kier alpha value is -0.890. The zero-order valence-corrected chi connectivity index (χ0v) is 11.1. The number of pyridine rings is 1. The van der Waals surface area contributed by atoms with Crippen molar-refractivity contribution in [3.8, 4) is 0 Å². The van der Waals surface area contributed by atoms with Crippen LogP contribution >= 0.6 is 15.9 Å². The molecule has 0 aliphatic rings. The van der Waals surface area contributed by atoms with Crippen LogP contribution in [-0.4, -0.2) is 9.81 Å². The molecule has 1 aromatic carbocycles. The number of para-hydroxylation sites is 1. The standard InChI is InChI=1S/C14H16BrN/c1-11(15)5-4-6-12-9-10-16-14-8-3-2-7-13(12)14/h2-3,7-11H,4-6H2,1H3. The molecular formula is C14H16BrN. The van der Waals surface area contributed by atoms with Gasteiger partial charge in [-0.25, -0.2) is 0 Å². The zero-order valence-electron chi connectivity index (χ0n) is 9.49. The van der Waals surface area contributed by atoms with E-state index in [0.29, 0.717) is 4.83 Å². The first-order chi connectivity index (χ1) is 7.77. The first kappa shape index (κ1) is 11.6. The second kappa shape index (κ2) is 5.44. The van der Waals surface area contributed by atoms with Gasteiger partial charge in [0.2, 0.25) is 0 Å². The van der Waals surface area contributed by atoms with E-state index in [2.05, 4.69) is 52.1 Å². The number of fused-ring (bicyclic) bond motifs is 1. The third-order valence-corrected chi connectivity index (χ3v) is 3.25. The van der Waals surface area contributed by atoms with E-state index < -0.39 is 0 Å². The summed E-state index contributed by atoms with van der Waals surface area (Å²) >= 11 is 3.59. The molecule has 0 fully saturated rings. The zero-order chi connectivity index (χ0) is 11.4. The van der Waals surface area contributed by atoms with Crippen molar-refractivity contribution < 1.29 is 0 Å². The minimum Gasteiger partial charge on any atom is -0.256 e. The lowest BCUT2D eigenvalue weighted by molar-refractivity contribution is 0.738. The van der Waals surface area contributed by atoms with Crippen LogP contribution in [0.4, 0.5) is 0 Å². The van der Waals surface area contributed by atoms with E-state index in [4.69, 9.17) is 0 Å². The Kier molecular flexibility index (Phi) is 3.94. The van der Waals surface area contributed by atoms with Gasteiger partial charge in [0.15, 0.2) is 0 Å². The molecule has 1 nitrogen and oxygen atoms in total. The van der Waals surface area contributed by atoms with Crippen LogP contribution in [0.2, 0.25) is 0 Å². The normalized spacial score (nSPS) is 12.9. The van der Waals surface area contributed by atoms with Gasteiger partial charge in [0, 0.05) is 16.4 Å². The summed E-state index contributed by atoms with van der Waals surface area (Å²) in [5.41, 5.74) is 2.52. The van der Waals surface area contributed by atoms with Crippen molar-refractivity contribution in [2.24, 2.45) is 0 Å². The van der Waals surface area contributed by atoms with Crippen molar-refractivity contribution in [2.45, 2.75) is 31.0 Å². The molecule has 0 radical (unpaired) electrons. The maximum absolute atomic E-state index is 4.38. The molecule has 0 saturated carbocycles. The second-order valence-corrected chi connectivity index (χ2v) is 5.72. The number of aryl methyl sites for hydroxylation is 1. The topological polar surface area (TPSA) is 12.9 Å². The lowest BCUT2D eigenvalue weighted by Crippen LogP contribution is -1.94. The number of hydrogen-bond donors (Lipinski definition) is 0. The minimum absolute atomic E-state index is 0.612. The van der Waals surface area contributed by atoms with Crippen molar-refractivity contribution in [1.29, 1.82) is 0 Å². The van der Waals surface area contributed by atoms with Crippen LogP contribution in [-0.2, 0) is 6.42 Å². The van der Waals surface area contributed by atoms with Gasteiger partial charge in [-0.1, -0.05) is 41.1 Å². The Morgan fingerprint density at radius 1 is 1.25 bits per heavy atom. The summed E-state index contributed by atoms with van der Waals surface area (Å²) in [6, 6.07) is 10.5. The lowest BCUT2D eigenvalue weighted by atomic mass is 10.0. The van der Waals surface area contributed by atoms with E-state index in [1.807, 2.05) is 12.3 Å². The highest BCUT2D eigenvalue weighted by Crippen LogP contribution is 2.19. The van der Waals surface area contributed by atoms with E-state index in [1.54, 1.807) is 0 Å². The maximum Gasteiger partial charge on any atom is 0.0704 e. The van der Waals surface area contributed by atoms with Crippen LogP contribution in [0.15, 0.2) is 36.5 Å². The van der Waals surface area contributed by atoms with Crippen molar-refractivity contribution >= 4 is 26.8 Å². The molecule has 0 aliphatic carbocycles. The second-order valence-electron chi connectivity index (χ2n) is 4.16. The van der Waals surface area contributed by atoms with E-state index in [9.17, 15) is 0 Å². The van der Waals surface area contributed by atoms with Crippen LogP contribution in [0.3, 0.4) is 0 Å². The smallest absolute Gasteiger partial charge is 0.0704 e. The van der Waals surface area contributed by atoms with E-state index in [1.165, 1.54) is 23.8 Å². The number of benzene rings is 1. The quantitative estimate of drug-likeness (QED) is 0.758. The number of alkyl halides is 1. The number of halogens is 1. The summed E-state index contributed by atoms with van der Waals surface area (Å²) in [6.07, 6.45) is 5.49. The fourth-order valence-corrected chi connectivity index (χ4v) is 2.27. The third kappa shape index (κ3) is 2.82. The third-order valence-electron chi connectivity index (χ3n) is 2.79. The molecule has 0 spiro atoms. The van der Waals surface area contributed by atoms with Gasteiger partial charge in [-0.15, -0.1) is 0 Å². The Bertz CT molecular complexity index is 460. The summed E-state index contributed by atoms with van der Waals surface area (Å²) < 4.78 is 0. The molecule has 84 valence electrons. The molecule has 2 aromatic rings. The summed E-state index contributed by atoms with van der Waals surface area (Å²) in [5, 5.41) is 1.30. The molecule has 2 rings (SSSR count). The highest BCUT2D eigenvalue weighted by atomic mass is 79.9. The van der Waals surface area contributed by atoms with Crippen LogP contribution in [0.1, 0.15) is 25.3 Å². The van der Waals surface area contributed by atoms with Crippen molar-refractivity contribution in [2.75, 3.05) is 0 Å². The summed E-state index contributed by atoms with van der Waals surface area (Å²) in [6.45, 7) is 2.20. The molecule has 1 atom stereocenters. The summed E-state index contributed by atoms with van der Waals surface area (Å²) in [5.74, 6) is 0. The van der Waals surface area contributed by atoms with Crippen LogP contribution in [0, 0.1) is 0 Å². The van der Waals surface area contributed by atoms with E-state index in [-0.39, 0.29) is 0 Å². The molecule has 2 heteroatoms. The molecule has 1 heterocycles. The molecule has 1 aromatic heterocycles. The van der Waals surface area contributed by atoms with Gasteiger partial charge in [0.05, 0.1) is 5.52 Å². The van der Waals surface area contributed by atoms with Gasteiger partial charge < -0.3 is 0 Å². The van der Waals surface area contributed by atoms with Gasteiger partial charge >= 0.3 is 0 Å². The first-order valence-electron chi connectivity index (χ1n) is 5.74. The molecule has 16 heavy (non-hydrogen) atoms. The summed E-state index contributed by atoms with van der Waals surface area (Å²) in [4.78, 5) is 4.99. The van der Waals surface area contributed by atoms with E-state index >= 15 is 0 Å². The number of hydrogen-bond acceptors (Lipinski definition) is 1. The molecule has 0 N–H and O–H groups in total. The largest absolute Gasteiger partial charge is 0.256 e. The minimum atomic E-state index is 0.612. The maximum atomic E-state index is 4.38. The van der Waals surface area contributed by atoms with Gasteiger partial charge in [0.25, 0.3) is 0 Å². The predicted molar refractivity (Wildman–Crippen MR) is 73.1 cm³/mol. The first-order valence-corrected chi connectivity index (χ1v) is 6.65. The highest BCUT2D eigenvalue weighted by Gasteiger charge is 2.02. The Labute approximate surface area is 105 Å². The Balaban J connectivity index is 2.17. The monoisotopic (exact) mass is 277 g/mol. The number of rotatable bonds is 4. The van der Waals surface area contributed by atoms with Gasteiger partial charge in [0.1, 0.15) is 0 Å². The Morgan fingerprint density at radius 2 is 2.06 bits per heavy atom. The SMILES string of the molecule is CC(Br)CCCc1ccnc2ccccc12. The lowest BCUT2D eigenvalue weighted by Gasteiger charge is -2.06. The van der Waals surface area contributed by atoms with E-state index in [0.717, 1.165) is 11.9 Å². The summed E-state index contributed by atoms with van der Waals surface area (Å²) in [7, 11) is 0. The molecule has 0 amide bonds. The van der Waals surface area contributed by atoms with Gasteiger partial charge in [-0.05, 0) is 37.0 Å².